The average molecular weight is 215 g/mol. The SMILES string of the molecule is CCCCCCOCCNCCCCC. The Hall–Kier alpha value is -0.0800. The number of nitrogens with one attached hydrogen (secondary N) is 1. The first-order valence-corrected chi connectivity index (χ1v) is 6.70. The van der Waals surface area contributed by atoms with Crippen LogP contribution in [0.1, 0.15) is 58.8 Å². The Bertz CT molecular complexity index is 94.7. The van der Waals surface area contributed by atoms with E-state index in [4.69, 9.17) is 4.74 Å². The monoisotopic (exact) mass is 215 g/mol. The van der Waals surface area contributed by atoms with E-state index >= 15 is 0 Å². The topological polar surface area (TPSA) is 21.3 Å². The van der Waals surface area contributed by atoms with Crippen LogP contribution in [0, 0.1) is 0 Å². The van der Waals surface area contributed by atoms with Gasteiger partial charge in [0.2, 0.25) is 0 Å². The van der Waals surface area contributed by atoms with Crippen molar-refractivity contribution in [3.05, 3.63) is 0 Å². The van der Waals surface area contributed by atoms with E-state index < -0.39 is 0 Å². The first kappa shape index (κ1) is 14.9. The summed E-state index contributed by atoms with van der Waals surface area (Å²) < 4.78 is 5.52. The van der Waals surface area contributed by atoms with Gasteiger partial charge in [0.25, 0.3) is 0 Å². The summed E-state index contributed by atoms with van der Waals surface area (Å²) in [7, 11) is 0. The molecule has 0 amide bonds. The van der Waals surface area contributed by atoms with Gasteiger partial charge in [0.05, 0.1) is 6.61 Å². The lowest BCUT2D eigenvalue weighted by Gasteiger charge is -2.05. The van der Waals surface area contributed by atoms with Gasteiger partial charge in [-0.15, -0.1) is 0 Å². The van der Waals surface area contributed by atoms with Crippen LogP contribution in [-0.2, 0) is 4.74 Å². The molecule has 0 aromatic rings. The second-order valence-electron chi connectivity index (χ2n) is 4.13. The molecular weight excluding hydrogens is 186 g/mol. The van der Waals surface area contributed by atoms with Crippen LogP contribution < -0.4 is 5.32 Å². The molecule has 0 aliphatic carbocycles. The van der Waals surface area contributed by atoms with Crippen molar-refractivity contribution >= 4 is 0 Å². The van der Waals surface area contributed by atoms with Gasteiger partial charge in [-0.25, -0.2) is 0 Å². The largest absolute Gasteiger partial charge is 0.380 e. The zero-order valence-electron chi connectivity index (χ0n) is 10.7. The normalized spacial score (nSPS) is 10.8. The zero-order valence-corrected chi connectivity index (χ0v) is 10.7. The second kappa shape index (κ2) is 13.9. The van der Waals surface area contributed by atoms with Crippen LogP contribution in [0.25, 0.3) is 0 Å². The highest BCUT2D eigenvalue weighted by Crippen LogP contribution is 1.98. The van der Waals surface area contributed by atoms with Gasteiger partial charge in [-0.1, -0.05) is 46.0 Å². The molecule has 0 fully saturated rings. The Morgan fingerprint density at radius 3 is 2.20 bits per heavy atom. The number of rotatable bonds is 12. The molecule has 0 spiro atoms. The Morgan fingerprint density at radius 1 is 0.733 bits per heavy atom. The summed E-state index contributed by atoms with van der Waals surface area (Å²) in [5, 5.41) is 3.40. The minimum Gasteiger partial charge on any atom is -0.380 e. The first-order valence-electron chi connectivity index (χ1n) is 6.70. The Kier molecular flexibility index (Phi) is 13.8. The third-order valence-corrected chi connectivity index (χ3v) is 2.52. The molecular formula is C13H29NO. The zero-order chi connectivity index (χ0) is 11.2. The molecule has 0 atom stereocenters. The van der Waals surface area contributed by atoms with Gasteiger partial charge in [0, 0.05) is 13.2 Å². The van der Waals surface area contributed by atoms with Crippen molar-refractivity contribution in [1.29, 1.82) is 0 Å². The number of hydrogen-bond acceptors (Lipinski definition) is 2. The molecule has 0 aromatic carbocycles. The maximum Gasteiger partial charge on any atom is 0.0590 e. The summed E-state index contributed by atoms with van der Waals surface area (Å²) in [5.74, 6) is 0. The van der Waals surface area contributed by atoms with E-state index in [-0.39, 0.29) is 0 Å². The van der Waals surface area contributed by atoms with Crippen LogP contribution in [0.15, 0.2) is 0 Å². The summed E-state index contributed by atoms with van der Waals surface area (Å²) in [4.78, 5) is 0. The van der Waals surface area contributed by atoms with Gasteiger partial charge in [-0.2, -0.15) is 0 Å². The van der Waals surface area contributed by atoms with Gasteiger partial charge in [0.1, 0.15) is 0 Å². The minimum absolute atomic E-state index is 0.873. The molecule has 1 N–H and O–H groups in total. The quantitative estimate of drug-likeness (QED) is 0.504. The van der Waals surface area contributed by atoms with E-state index in [9.17, 15) is 0 Å². The van der Waals surface area contributed by atoms with Crippen molar-refractivity contribution in [2.24, 2.45) is 0 Å². The van der Waals surface area contributed by atoms with Crippen LogP contribution in [0.5, 0.6) is 0 Å². The smallest absolute Gasteiger partial charge is 0.0590 e. The predicted molar refractivity (Wildman–Crippen MR) is 67.4 cm³/mol. The Labute approximate surface area is 95.8 Å². The van der Waals surface area contributed by atoms with E-state index in [2.05, 4.69) is 19.2 Å². The third kappa shape index (κ3) is 13.9. The van der Waals surface area contributed by atoms with Crippen molar-refractivity contribution < 1.29 is 4.74 Å². The van der Waals surface area contributed by atoms with Crippen LogP contribution >= 0.6 is 0 Å². The van der Waals surface area contributed by atoms with Gasteiger partial charge in [0.15, 0.2) is 0 Å². The fourth-order valence-corrected chi connectivity index (χ4v) is 1.50. The lowest BCUT2D eigenvalue weighted by Crippen LogP contribution is -2.21. The maximum atomic E-state index is 5.52. The molecule has 0 saturated carbocycles. The molecule has 2 heteroatoms. The van der Waals surface area contributed by atoms with Crippen molar-refractivity contribution in [1.82, 2.24) is 5.32 Å². The van der Waals surface area contributed by atoms with E-state index in [0.717, 1.165) is 26.3 Å². The fraction of sp³-hybridized carbons (Fsp3) is 1.00. The average Bonchev–Trinajstić information content (AvgIpc) is 2.26. The molecule has 2 nitrogen and oxygen atoms in total. The molecule has 0 heterocycles. The van der Waals surface area contributed by atoms with Gasteiger partial charge < -0.3 is 10.1 Å². The summed E-state index contributed by atoms with van der Waals surface area (Å²) in [6.07, 6.45) is 9.13. The van der Waals surface area contributed by atoms with E-state index in [1.807, 2.05) is 0 Å². The molecule has 0 saturated heterocycles. The number of unbranched alkanes of at least 4 members (excludes halogenated alkanes) is 5. The highest BCUT2D eigenvalue weighted by molar-refractivity contribution is 4.47. The fourth-order valence-electron chi connectivity index (χ4n) is 1.50. The van der Waals surface area contributed by atoms with Crippen molar-refractivity contribution in [2.45, 2.75) is 58.8 Å². The predicted octanol–water partition coefficient (Wildman–Crippen LogP) is 3.36. The van der Waals surface area contributed by atoms with Crippen LogP contribution in [0.3, 0.4) is 0 Å². The Morgan fingerprint density at radius 2 is 1.47 bits per heavy atom. The summed E-state index contributed by atoms with van der Waals surface area (Å²) in [6.45, 7) is 8.44. The molecule has 0 rings (SSSR count). The molecule has 0 bridgehead atoms. The van der Waals surface area contributed by atoms with Crippen LogP contribution in [0.4, 0.5) is 0 Å². The third-order valence-electron chi connectivity index (χ3n) is 2.52. The van der Waals surface area contributed by atoms with E-state index in [0.29, 0.717) is 0 Å². The molecule has 0 aliphatic heterocycles. The van der Waals surface area contributed by atoms with Crippen molar-refractivity contribution in [3.8, 4) is 0 Å². The highest BCUT2D eigenvalue weighted by Gasteiger charge is 1.90. The van der Waals surface area contributed by atoms with E-state index in [1.165, 1.54) is 44.9 Å². The summed E-state index contributed by atoms with van der Waals surface area (Å²) in [5.41, 5.74) is 0. The maximum absolute atomic E-state index is 5.52. The lowest BCUT2D eigenvalue weighted by molar-refractivity contribution is 0.131. The van der Waals surface area contributed by atoms with Crippen LogP contribution in [-0.4, -0.2) is 26.3 Å². The summed E-state index contributed by atoms with van der Waals surface area (Å²) >= 11 is 0. The van der Waals surface area contributed by atoms with Crippen LogP contribution in [0.2, 0.25) is 0 Å². The van der Waals surface area contributed by atoms with Crippen molar-refractivity contribution in [2.75, 3.05) is 26.3 Å². The first-order chi connectivity index (χ1) is 7.41. The molecule has 0 aromatic heterocycles. The number of ether oxygens (including phenoxy) is 1. The molecule has 0 radical (unpaired) electrons. The number of hydrogen-bond donors (Lipinski definition) is 1. The Balaban J connectivity index is 2.81. The van der Waals surface area contributed by atoms with Gasteiger partial charge in [-0.3, -0.25) is 0 Å². The minimum atomic E-state index is 0.873. The highest BCUT2D eigenvalue weighted by atomic mass is 16.5. The summed E-state index contributed by atoms with van der Waals surface area (Å²) in [6, 6.07) is 0. The van der Waals surface area contributed by atoms with Gasteiger partial charge >= 0.3 is 0 Å². The second-order valence-corrected chi connectivity index (χ2v) is 4.13. The molecule has 0 unspecified atom stereocenters. The van der Waals surface area contributed by atoms with E-state index in [1.54, 1.807) is 0 Å². The molecule has 92 valence electrons. The standard InChI is InChI=1S/C13H29NO/c1-3-5-7-9-12-15-13-11-14-10-8-6-4-2/h14H,3-13H2,1-2H3. The van der Waals surface area contributed by atoms with Gasteiger partial charge in [-0.05, 0) is 19.4 Å². The molecule has 15 heavy (non-hydrogen) atoms. The lowest BCUT2D eigenvalue weighted by atomic mass is 10.2. The van der Waals surface area contributed by atoms with Crippen molar-refractivity contribution in [3.63, 3.8) is 0 Å². The molecule has 0 aliphatic rings.